The van der Waals surface area contributed by atoms with Gasteiger partial charge >= 0.3 is 12.1 Å². The average molecular weight is 817 g/mol. The second-order valence-electron chi connectivity index (χ2n) is 18.6. The molecule has 4 N–H and O–H groups in total. The first-order valence-corrected chi connectivity index (χ1v) is 23.7. The summed E-state index contributed by atoms with van der Waals surface area (Å²) in [4.78, 5) is 30.8. The largest absolute Gasteiger partial charge is 0.493 e. The molecule has 0 radical (unpaired) electrons. The van der Waals surface area contributed by atoms with E-state index in [1.54, 1.807) is 22.3 Å². The van der Waals surface area contributed by atoms with Crippen LogP contribution in [0.5, 0.6) is 11.5 Å². The first-order chi connectivity index (χ1) is 29.6. The van der Waals surface area contributed by atoms with E-state index < -0.39 is 0 Å². The summed E-state index contributed by atoms with van der Waals surface area (Å²) in [5.41, 5.74) is 6.28. The van der Waals surface area contributed by atoms with Crippen LogP contribution in [0, 0.1) is 11.8 Å². The highest BCUT2D eigenvalue weighted by Crippen LogP contribution is 2.54. The number of benzene rings is 3. The molecule has 0 spiro atoms. The molecule has 4 amide bonds. The van der Waals surface area contributed by atoms with Crippen LogP contribution < -0.4 is 30.7 Å². The van der Waals surface area contributed by atoms with E-state index in [4.69, 9.17) is 9.47 Å². The lowest BCUT2D eigenvalue weighted by Crippen LogP contribution is -2.44. The normalized spacial score (nSPS) is 27.9. The zero-order valence-electron chi connectivity index (χ0n) is 35.6. The molecule has 4 aliphatic heterocycles. The fraction of sp³-hybridized carbons (Fsp3) is 0.600. The highest BCUT2D eigenvalue weighted by molar-refractivity contribution is 5.74. The summed E-state index contributed by atoms with van der Waals surface area (Å²) in [7, 11) is 0. The summed E-state index contributed by atoms with van der Waals surface area (Å²) >= 11 is 0. The van der Waals surface area contributed by atoms with Crippen LogP contribution >= 0.6 is 0 Å². The maximum atomic E-state index is 12.6. The highest BCUT2D eigenvalue weighted by atomic mass is 16.5. The third-order valence-corrected chi connectivity index (χ3v) is 15.0. The van der Waals surface area contributed by atoms with Crippen molar-refractivity contribution in [2.75, 3.05) is 39.4 Å². The predicted molar refractivity (Wildman–Crippen MR) is 236 cm³/mol. The van der Waals surface area contributed by atoms with E-state index in [1.807, 2.05) is 24.3 Å². The third kappa shape index (κ3) is 9.75. The lowest BCUT2D eigenvalue weighted by Gasteiger charge is -2.31. The van der Waals surface area contributed by atoms with E-state index in [-0.39, 0.29) is 24.1 Å². The van der Waals surface area contributed by atoms with Crippen LogP contribution in [0.2, 0.25) is 0 Å². The van der Waals surface area contributed by atoms with Gasteiger partial charge in [-0.15, -0.1) is 0 Å². The molecule has 2 saturated carbocycles. The second-order valence-corrected chi connectivity index (χ2v) is 18.6. The van der Waals surface area contributed by atoms with Crippen LogP contribution in [0.25, 0.3) is 0 Å². The molecule has 3 aromatic rings. The van der Waals surface area contributed by atoms with Gasteiger partial charge in [0.1, 0.15) is 11.5 Å². The van der Waals surface area contributed by atoms with Gasteiger partial charge in [0.05, 0.1) is 13.2 Å². The molecule has 322 valence electrons. The molecule has 3 aromatic carbocycles. The number of amides is 4. The average Bonchev–Trinajstić information content (AvgIpc) is 4.04. The Balaban J connectivity index is 0.571. The maximum Gasteiger partial charge on any atom is 0.315 e. The molecule has 4 atom stereocenters. The Morgan fingerprint density at radius 2 is 0.883 bits per heavy atom. The van der Waals surface area contributed by atoms with Gasteiger partial charge in [-0.3, -0.25) is 9.80 Å². The summed E-state index contributed by atoms with van der Waals surface area (Å²) in [5, 5.41) is 12.5. The van der Waals surface area contributed by atoms with Gasteiger partial charge in [0.2, 0.25) is 0 Å². The summed E-state index contributed by atoms with van der Waals surface area (Å²) in [6.45, 7) is 4.54. The summed E-state index contributed by atoms with van der Waals surface area (Å²) < 4.78 is 11.9. The first kappa shape index (κ1) is 41.1. The topological polar surface area (TPSA) is 107 Å². The van der Waals surface area contributed by atoms with Gasteiger partial charge in [-0.2, -0.15) is 0 Å². The van der Waals surface area contributed by atoms with Crippen LogP contribution in [0.4, 0.5) is 9.59 Å². The van der Waals surface area contributed by atoms with Crippen molar-refractivity contribution in [3.63, 3.8) is 0 Å². The Bertz CT molecular complexity index is 1700. The standard InChI is InChI=1S/C50H68N6O4/c57-49(53-37-18-14-35(15-19-37)26-30-55-45-22-23-46(55)42-11-2-1-10-41(42)45)51-28-6-32-59-39-8-5-9-40(34-39)60-33-7-29-52-50(58)54-38-20-16-36(17-21-38)27-31-56-47-24-25-48(56)44-13-4-3-12-43(44)47/h1-5,8-13,34-38,45-48H,6-7,14-33H2,(H2,51,53,57)(H2,52,54,58)/t35-,36-,37-,38-,45-,46+,47-,48+. The Morgan fingerprint density at radius 3 is 1.27 bits per heavy atom. The van der Waals surface area contributed by atoms with E-state index in [0.717, 1.165) is 61.9 Å². The zero-order valence-corrected chi connectivity index (χ0v) is 35.6. The Hall–Kier alpha value is -4.28. The summed E-state index contributed by atoms with van der Waals surface area (Å²) in [5.74, 6) is 3.01. The van der Waals surface area contributed by atoms with E-state index in [0.29, 0.717) is 50.5 Å². The van der Waals surface area contributed by atoms with Gasteiger partial charge in [0.15, 0.2) is 0 Å². The van der Waals surface area contributed by atoms with E-state index >= 15 is 0 Å². The van der Waals surface area contributed by atoms with E-state index in [1.165, 1.54) is 77.3 Å². The highest BCUT2D eigenvalue weighted by Gasteiger charge is 2.44. The Kier molecular flexibility index (Phi) is 13.4. The Labute approximate surface area is 357 Å². The van der Waals surface area contributed by atoms with Gasteiger partial charge in [-0.25, -0.2) is 9.59 Å². The molecule has 0 aromatic heterocycles. The molecule has 9 rings (SSSR count). The fourth-order valence-corrected chi connectivity index (χ4v) is 11.8. The molecular formula is C50H68N6O4. The number of nitrogens with one attached hydrogen (secondary N) is 4. The van der Waals surface area contributed by atoms with E-state index in [9.17, 15) is 9.59 Å². The number of ether oxygens (including phenoxy) is 2. The quantitative estimate of drug-likeness (QED) is 0.0954. The fourth-order valence-electron chi connectivity index (χ4n) is 11.8. The molecule has 6 aliphatic rings. The second kappa shape index (κ2) is 19.6. The number of rotatable bonds is 18. The monoisotopic (exact) mass is 817 g/mol. The molecule has 4 bridgehead atoms. The van der Waals surface area contributed by atoms with Crippen molar-refractivity contribution in [3.8, 4) is 11.5 Å². The van der Waals surface area contributed by atoms with Crippen LogP contribution in [-0.4, -0.2) is 73.3 Å². The van der Waals surface area contributed by atoms with Gasteiger partial charge in [-0.1, -0.05) is 54.6 Å². The maximum absolute atomic E-state index is 12.6. The number of nitrogens with zero attached hydrogens (tertiary/aromatic N) is 2. The minimum atomic E-state index is -0.0727. The van der Waals surface area contributed by atoms with Crippen LogP contribution in [0.1, 0.15) is 149 Å². The SMILES string of the molecule is O=C(NCCCOc1cccc(OCCCNC(=O)N[C@H]2CC[C@H](CCN3[C@@H]4CC[C@H]3c3ccccc34)CC2)c1)N[C@H]1CC[C@H](CCN2[C@@H]3CC[C@H]2c2ccccc23)CC1. The van der Waals surface area contributed by atoms with Crippen molar-refractivity contribution in [1.82, 2.24) is 31.1 Å². The molecular weight excluding hydrogens is 749 g/mol. The van der Waals surface area contributed by atoms with Crippen molar-refractivity contribution in [3.05, 3.63) is 95.1 Å². The molecule has 4 heterocycles. The lowest BCUT2D eigenvalue weighted by molar-refractivity contribution is 0.185. The minimum Gasteiger partial charge on any atom is -0.493 e. The van der Waals surface area contributed by atoms with Crippen LogP contribution in [-0.2, 0) is 0 Å². The minimum absolute atomic E-state index is 0.0727. The zero-order chi connectivity index (χ0) is 40.7. The number of hydrogen-bond acceptors (Lipinski definition) is 6. The molecule has 10 heteroatoms. The molecule has 60 heavy (non-hydrogen) atoms. The lowest BCUT2D eigenvalue weighted by atomic mass is 9.84. The molecule has 4 fully saturated rings. The van der Waals surface area contributed by atoms with Gasteiger partial charge in [-0.05, 0) is 162 Å². The first-order valence-electron chi connectivity index (χ1n) is 23.7. The predicted octanol–water partition coefficient (Wildman–Crippen LogP) is 9.50. The van der Waals surface area contributed by atoms with Crippen molar-refractivity contribution in [1.29, 1.82) is 0 Å². The number of carbonyl (C=O) groups is 2. The van der Waals surface area contributed by atoms with Crippen molar-refractivity contribution in [2.24, 2.45) is 11.8 Å². The molecule has 2 saturated heterocycles. The van der Waals surface area contributed by atoms with Gasteiger partial charge < -0.3 is 30.7 Å². The molecule has 0 unspecified atom stereocenters. The number of urea groups is 2. The Morgan fingerprint density at radius 1 is 0.500 bits per heavy atom. The summed E-state index contributed by atoms with van der Waals surface area (Å²) in [6.07, 6.45) is 18.3. The van der Waals surface area contributed by atoms with Crippen molar-refractivity contribution in [2.45, 2.75) is 139 Å². The third-order valence-electron chi connectivity index (χ3n) is 15.0. The van der Waals surface area contributed by atoms with Crippen molar-refractivity contribution < 1.29 is 19.1 Å². The van der Waals surface area contributed by atoms with Crippen molar-refractivity contribution >= 4 is 12.1 Å². The van der Waals surface area contributed by atoms with Crippen LogP contribution in [0.3, 0.4) is 0 Å². The summed E-state index contributed by atoms with van der Waals surface area (Å²) in [6, 6.07) is 28.7. The van der Waals surface area contributed by atoms with Gasteiger partial charge in [0.25, 0.3) is 0 Å². The van der Waals surface area contributed by atoms with E-state index in [2.05, 4.69) is 79.6 Å². The van der Waals surface area contributed by atoms with Crippen LogP contribution in [0.15, 0.2) is 72.8 Å². The molecule has 10 nitrogen and oxygen atoms in total. The number of fused-ring (bicyclic) bond motifs is 10. The molecule has 2 aliphatic carbocycles. The number of hydrogen-bond donors (Lipinski definition) is 4. The number of carbonyl (C=O) groups excluding carboxylic acids is 2. The smallest absolute Gasteiger partial charge is 0.315 e. The van der Waals surface area contributed by atoms with Gasteiger partial charge in [0, 0.05) is 55.4 Å².